The minimum Gasteiger partial charge on any atom is -0.491 e. The first-order valence-corrected chi connectivity index (χ1v) is 7.71. The van der Waals surface area contributed by atoms with Crippen molar-refractivity contribution in [1.29, 1.82) is 0 Å². The molecule has 0 radical (unpaired) electrons. The third kappa shape index (κ3) is 7.49. The first kappa shape index (κ1) is 18.0. The first-order chi connectivity index (χ1) is 9.59. The summed E-state index contributed by atoms with van der Waals surface area (Å²) in [7, 11) is 0. The Morgan fingerprint density at radius 2 is 1.76 bits per heavy atom. The lowest BCUT2D eigenvalue weighted by Crippen LogP contribution is -2.46. The predicted octanol–water partition coefficient (Wildman–Crippen LogP) is 3.54. The molecule has 1 aromatic rings. The summed E-state index contributed by atoms with van der Waals surface area (Å²) < 4.78 is 5.67. The normalized spacial score (nSPS) is 14.0. The van der Waals surface area contributed by atoms with Crippen molar-refractivity contribution in [2.75, 3.05) is 13.2 Å². The number of aliphatic hydroxyl groups excluding tert-OH is 1. The zero-order valence-corrected chi connectivity index (χ0v) is 14.4. The molecule has 3 nitrogen and oxygen atoms in total. The summed E-state index contributed by atoms with van der Waals surface area (Å²) >= 11 is 0. The number of benzene rings is 1. The van der Waals surface area contributed by atoms with Crippen molar-refractivity contribution in [2.24, 2.45) is 5.41 Å². The van der Waals surface area contributed by atoms with Crippen LogP contribution in [0.15, 0.2) is 24.3 Å². The Balaban J connectivity index is 2.37. The second kappa shape index (κ2) is 7.28. The average Bonchev–Trinajstić information content (AvgIpc) is 2.33. The van der Waals surface area contributed by atoms with Gasteiger partial charge in [0.1, 0.15) is 18.5 Å². The van der Waals surface area contributed by atoms with Gasteiger partial charge in [0.2, 0.25) is 0 Å². The summed E-state index contributed by atoms with van der Waals surface area (Å²) in [5.41, 5.74) is 1.35. The van der Waals surface area contributed by atoms with Crippen molar-refractivity contribution in [3.63, 3.8) is 0 Å². The maximum Gasteiger partial charge on any atom is 0.122 e. The molecule has 0 bridgehead atoms. The first-order valence-electron chi connectivity index (χ1n) is 7.71. The SMILES string of the molecule is Cc1ccccc1OCC(O)CNC(C)(C)CC(C)(C)C. The summed E-state index contributed by atoms with van der Waals surface area (Å²) in [5, 5.41) is 13.5. The van der Waals surface area contributed by atoms with Crippen LogP contribution in [0.4, 0.5) is 0 Å². The second-order valence-corrected chi connectivity index (χ2v) is 7.73. The van der Waals surface area contributed by atoms with Crippen LogP contribution in [0.25, 0.3) is 0 Å². The molecule has 2 N–H and O–H groups in total. The molecule has 0 aromatic heterocycles. The van der Waals surface area contributed by atoms with Gasteiger partial charge in [-0.05, 0) is 44.2 Å². The number of hydrogen-bond acceptors (Lipinski definition) is 3. The number of rotatable bonds is 7. The highest BCUT2D eigenvalue weighted by Gasteiger charge is 2.25. The lowest BCUT2D eigenvalue weighted by Gasteiger charge is -2.34. The van der Waals surface area contributed by atoms with Crippen molar-refractivity contribution < 1.29 is 9.84 Å². The topological polar surface area (TPSA) is 41.5 Å². The Morgan fingerprint density at radius 1 is 1.14 bits per heavy atom. The molecule has 1 atom stereocenters. The summed E-state index contributed by atoms with van der Waals surface area (Å²) in [6, 6.07) is 7.86. The van der Waals surface area contributed by atoms with E-state index in [1.54, 1.807) is 0 Å². The van der Waals surface area contributed by atoms with Gasteiger partial charge in [-0.25, -0.2) is 0 Å². The van der Waals surface area contributed by atoms with E-state index in [0.29, 0.717) is 13.2 Å². The lowest BCUT2D eigenvalue weighted by atomic mass is 9.82. The van der Waals surface area contributed by atoms with Crippen LogP contribution in [0.3, 0.4) is 0 Å². The van der Waals surface area contributed by atoms with Crippen LogP contribution >= 0.6 is 0 Å². The molecule has 120 valence electrons. The molecule has 0 aliphatic rings. The minimum absolute atomic E-state index is 0.00188. The van der Waals surface area contributed by atoms with E-state index in [4.69, 9.17) is 4.74 Å². The molecular weight excluding hydrogens is 262 g/mol. The van der Waals surface area contributed by atoms with Crippen molar-refractivity contribution in [1.82, 2.24) is 5.32 Å². The molecule has 1 rings (SSSR count). The van der Waals surface area contributed by atoms with E-state index in [2.05, 4.69) is 39.9 Å². The van der Waals surface area contributed by atoms with E-state index in [-0.39, 0.29) is 11.0 Å². The number of nitrogens with one attached hydrogen (secondary N) is 1. The van der Waals surface area contributed by atoms with Gasteiger partial charge in [-0.2, -0.15) is 0 Å². The average molecular weight is 293 g/mol. The number of β-amino-alcohol motifs (C(OH)–C–C–N with tert-alkyl or cyclic N) is 1. The van der Waals surface area contributed by atoms with Crippen LogP contribution in [-0.2, 0) is 0 Å². The molecule has 0 saturated heterocycles. The van der Waals surface area contributed by atoms with Gasteiger partial charge in [-0.15, -0.1) is 0 Å². The summed E-state index contributed by atoms with van der Waals surface area (Å²) in [6.07, 6.45) is 0.537. The molecule has 1 aromatic carbocycles. The fourth-order valence-electron chi connectivity index (χ4n) is 2.75. The van der Waals surface area contributed by atoms with Gasteiger partial charge in [-0.1, -0.05) is 39.0 Å². The second-order valence-electron chi connectivity index (χ2n) is 7.73. The minimum atomic E-state index is -0.510. The van der Waals surface area contributed by atoms with Crippen molar-refractivity contribution in [3.05, 3.63) is 29.8 Å². The Bertz CT molecular complexity index is 435. The van der Waals surface area contributed by atoms with Crippen LogP contribution < -0.4 is 10.1 Å². The zero-order valence-electron chi connectivity index (χ0n) is 14.4. The molecule has 0 spiro atoms. The van der Waals surface area contributed by atoms with Gasteiger partial charge in [0.15, 0.2) is 0 Å². The van der Waals surface area contributed by atoms with E-state index >= 15 is 0 Å². The van der Waals surface area contributed by atoms with E-state index in [9.17, 15) is 5.11 Å². The number of hydrogen-bond donors (Lipinski definition) is 2. The summed E-state index contributed by atoms with van der Waals surface area (Å²) in [6.45, 7) is 13.9. The van der Waals surface area contributed by atoms with Crippen LogP contribution in [0.1, 0.15) is 46.6 Å². The Morgan fingerprint density at radius 3 is 2.33 bits per heavy atom. The summed E-state index contributed by atoms with van der Waals surface area (Å²) in [4.78, 5) is 0. The van der Waals surface area contributed by atoms with Gasteiger partial charge < -0.3 is 15.2 Å². The Kier molecular flexibility index (Phi) is 6.24. The number of ether oxygens (including phenoxy) is 1. The fourth-order valence-corrected chi connectivity index (χ4v) is 2.75. The van der Waals surface area contributed by atoms with Crippen molar-refractivity contribution >= 4 is 0 Å². The Hall–Kier alpha value is -1.06. The number of para-hydroxylation sites is 1. The monoisotopic (exact) mass is 293 g/mol. The number of aliphatic hydroxyl groups is 1. The van der Waals surface area contributed by atoms with Gasteiger partial charge >= 0.3 is 0 Å². The highest BCUT2D eigenvalue weighted by Crippen LogP contribution is 2.26. The fraction of sp³-hybridized carbons (Fsp3) is 0.667. The standard InChI is InChI=1S/C18H31NO2/c1-14-9-7-8-10-16(14)21-12-15(20)11-19-18(5,6)13-17(2,3)4/h7-10,15,19-20H,11-13H2,1-6H3. The lowest BCUT2D eigenvalue weighted by molar-refractivity contribution is 0.0941. The van der Waals surface area contributed by atoms with Crippen LogP contribution in [0.5, 0.6) is 5.75 Å². The maximum absolute atomic E-state index is 10.1. The maximum atomic E-state index is 10.1. The third-order valence-corrected chi connectivity index (χ3v) is 3.31. The predicted molar refractivity (Wildman–Crippen MR) is 88.8 cm³/mol. The zero-order chi connectivity index (χ0) is 16.1. The molecule has 1 unspecified atom stereocenters. The molecule has 0 heterocycles. The molecular formula is C18H31NO2. The van der Waals surface area contributed by atoms with Gasteiger partial charge in [0.05, 0.1) is 0 Å². The van der Waals surface area contributed by atoms with E-state index in [0.717, 1.165) is 17.7 Å². The van der Waals surface area contributed by atoms with Gasteiger partial charge in [0.25, 0.3) is 0 Å². The van der Waals surface area contributed by atoms with Crippen LogP contribution in [-0.4, -0.2) is 29.9 Å². The number of aryl methyl sites for hydroxylation is 1. The molecule has 21 heavy (non-hydrogen) atoms. The molecule has 0 saturated carbocycles. The smallest absolute Gasteiger partial charge is 0.122 e. The van der Waals surface area contributed by atoms with Gasteiger partial charge in [0, 0.05) is 12.1 Å². The molecule has 3 heteroatoms. The third-order valence-electron chi connectivity index (χ3n) is 3.31. The quantitative estimate of drug-likeness (QED) is 0.808. The largest absolute Gasteiger partial charge is 0.491 e. The van der Waals surface area contributed by atoms with E-state index < -0.39 is 6.10 Å². The highest BCUT2D eigenvalue weighted by atomic mass is 16.5. The molecule has 0 fully saturated rings. The van der Waals surface area contributed by atoms with Crippen LogP contribution in [0, 0.1) is 12.3 Å². The Labute approximate surface area is 129 Å². The molecule has 0 aliphatic carbocycles. The van der Waals surface area contributed by atoms with Crippen molar-refractivity contribution in [2.45, 2.75) is 59.6 Å². The van der Waals surface area contributed by atoms with E-state index in [1.807, 2.05) is 31.2 Å². The van der Waals surface area contributed by atoms with Gasteiger partial charge in [-0.3, -0.25) is 0 Å². The molecule has 0 aliphatic heterocycles. The van der Waals surface area contributed by atoms with Crippen molar-refractivity contribution in [3.8, 4) is 5.75 Å². The van der Waals surface area contributed by atoms with Crippen LogP contribution in [0.2, 0.25) is 0 Å². The summed E-state index contributed by atoms with van der Waals surface area (Å²) in [5.74, 6) is 0.838. The highest BCUT2D eigenvalue weighted by molar-refractivity contribution is 5.31. The van der Waals surface area contributed by atoms with E-state index in [1.165, 1.54) is 0 Å². The molecule has 0 amide bonds.